The number of rotatable bonds is 7. The molecule has 1 aliphatic heterocycles. The zero-order chi connectivity index (χ0) is 21.5. The van der Waals surface area contributed by atoms with Crippen LogP contribution in [0.3, 0.4) is 0 Å². The highest BCUT2D eigenvalue weighted by molar-refractivity contribution is 7.20. The second-order valence-corrected chi connectivity index (χ2v) is 8.25. The van der Waals surface area contributed by atoms with Gasteiger partial charge in [-0.05, 0) is 25.1 Å². The molecule has 0 saturated carbocycles. The molecule has 0 atom stereocenters. The van der Waals surface area contributed by atoms with Crippen LogP contribution in [-0.4, -0.2) is 68.1 Å². The lowest BCUT2D eigenvalue weighted by atomic mass is 10.1. The zero-order valence-electron chi connectivity index (χ0n) is 17.3. The Balaban J connectivity index is 1.89. The van der Waals surface area contributed by atoms with Crippen LogP contribution in [-0.2, 0) is 9.53 Å². The molecule has 1 fully saturated rings. The molecule has 3 rings (SSSR count). The molecule has 1 N–H and O–H groups in total. The van der Waals surface area contributed by atoms with Gasteiger partial charge in [0.15, 0.2) is 0 Å². The summed E-state index contributed by atoms with van der Waals surface area (Å²) in [6.07, 6.45) is 0.362. The first-order valence-electron chi connectivity index (χ1n) is 9.92. The highest BCUT2D eigenvalue weighted by Crippen LogP contribution is 2.40. The maximum absolute atomic E-state index is 13.3. The SMILES string of the molecule is Cc1c(-c2ccccc2)sc(NC(=O)CN(C)CCC#N)c1C(=O)N1CCOCC1. The Morgan fingerprint density at radius 2 is 1.97 bits per heavy atom. The average molecular weight is 427 g/mol. The number of hydrogen-bond donors (Lipinski definition) is 1. The third-order valence-electron chi connectivity index (χ3n) is 4.97. The van der Waals surface area contributed by atoms with Crippen LogP contribution in [0.5, 0.6) is 0 Å². The molecule has 1 aromatic heterocycles. The molecule has 0 bridgehead atoms. The van der Waals surface area contributed by atoms with Gasteiger partial charge in [0.05, 0.1) is 31.4 Å². The predicted molar refractivity (Wildman–Crippen MR) is 118 cm³/mol. The van der Waals surface area contributed by atoms with Crippen molar-refractivity contribution in [3.63, 3.8) is 0 Å². The first-order chi connectivity index (χ1) is 14.5. The van der Waals surface area contributed by atoms with Gasteiger partial charge in [-0.2, -0.15) is 5.26 Å². The highest BCUT2D eigenvalue weighted by atomic mass is 32.1. The lowest BCUT2D eigenvalue weighted by molar-refractivity contribution is -0.117. The summed E-state index contributed by atoms with van der Waals surface area (Å²) in [6.45, 7) is 4.73. The number of amides is 2. The summed E-state index contributed by atoms with van der Waals surface area (Å²) in [5.74, 6) is -0.283. The predicted octanol–water partition coefficient (Wildman–Crippen LogP) is 2.98. The van der Waals surface area contributed by atoms with Crippen LogP contribution >= 0.6 is 11.3 Å². The lowest BCUT2D eigenvalue weighted by Gasteiger charge is -2.27. The van der Waals surface area contributed by atoms with Crippen molar-refractivity contribution in [2.75, 3.05) is 51.8 Å². The van der Waals surface area contributed by atoms with Crippen molar-refractivity contribution in [1.29, 1.82) is 5.26 Å². The highest BCUT2D eigenvalue weighted by Gasteiger charge is 2.28. The van der Waals surface area contributed by atoms with E-state index in [2.05, 4.69) is 11.4 Å². The largest absolute Gasteiger partial charge is 0.378 e. The Morgan fingerprint density at radius 3 is 2.63 bits per heavy atom. The van der Waals surface area contributed by atoms with Gasteiger partial charge in [-0.15, -0.1) is 11.3 Å². The third-order valence-corrected chi connectivity index (χ3v) is 6.22. The van der Waals surface area contributed by atoms with Crippen LogP contribution in [0, 0.1) is 18.3 Å². The summed E-state index contributed by atoms with van der Waals surface area (Å²) in [6, 6.07) is 12.0. The van der Waals surface area contributed by atoms with Crippen molar-refractivity contribution < 1.29 is 14.3 Å². The summed E-state index contributed by atoms with van der Waals surface area (Å²) in [5.41, 5.74) is 2.44. The van der Waals surface area contributed by atoms with Crippen molar-refractivity contribution in [1.82, 2.24) is 9.80 Å². The number of ether oxygens (including phenoxy) is 1. The molecule has 2 amide bonds. The number of thiophene rings is 1. The minimum atomic E-state index is -0.202. The summed E-state index contributed by atoms with van der Waals surface area (Å²) >= 11 is 1.42. The Bertz CT molecular complexity index is 930. The molecule has 1 aliphatic rings. The quantitative estimate of drug-likeness (QED) is 0.736. The van der Waals surface area contributed by atoms with E-state index in [-0.39, 0.29) is 18.4 Å². The fourth-order valence-electron chi connectivity index (χ4n) is 3.38. The Morgan fingerprint density at radius 1 is 1.27 bits per heavy atom. The number of nitrogens with zero attached hydrogens (tertiary/aromatic N) is 3. The van der Waals surface area contributed by atoms with Crippen LogP contribution in [0.1, 0.15) is 22.3 Å². The van der Waals surface area contributed by atoms with E-state index < -0.39 is 0 Å². The molecule has 0 unspecified atom stereocenters. The minimum Gasteiger partial charge on any atom is -0.378 e. The van der Waals surface area contributed by atoms with Crippen LogP contribution in [0.15, 0.2) is 30.3 Å². The first kappa shape index (κ1) is 22.0. The number of nitrogens with one attached hydrogen (secondary N) is 1. The van der Waals surface area contributed by atoms with Crippen molar-refractivity contribution in [3.8, 4) is 16.5 Å². The summed E-state index contributed by atoms with van der Waals surface area (Å²) in [4.78, 5) is 30.5. The van der Waals surface area contributed by atoms with Crippen LogP contribution in [0.25, 0.3) is 10.4 Å². The minimum absolute atomic E-state index is 0.0811. The van der Waals surface area contributed by atoms with Crippen LogP contribution in [0.2, 0.25) is 0 Å². The number of likely N-dealkylation sites (N-methyl/N-ethyl adjacent to an activating group) is 1. The van der Waals surface area contributed by atoms with Gasteiger partial charge in [0.25, 0.3) is 5.91 Å². The van der Waals surface area contributed by atoms with Gasteiger partial charge >= 0.3 is 0 Å². The van der Waals surface area contributed by atoms with Crippen LogP contribution in [0.4, 0.5) is 5.00 Å². The van der Waals surface area contributed by atoms with Gasteiger partial charge in [0.2, 0.25) is 5.91 Å². The number of benzene rings is 1. The second kappa shape index (κ2) is 10.3. The number of morpholine rings is 1. The maximum atomic E-state index is 13.3. The molecule has 2 heterocycles. The monoisotopic (exact) mass is 426 g/mol. The molecule has 0 spiro atoms. The van der Waals surface area contributed by atoms with E-state index in [9.17, 15) is 9.59 Å². The number of carbonyl (C=O) groups is 2. The van der Waals surface area contributed by atoms with Crippen LogP contribution < -0.4 is 5.32 Å². The van der Waals surface area contributed by atoms with Gasteiger partial charge in [-0.3, -0.25) is 14.5 Å². The van der Waals surface area contributed by atoms with Gasteiger partial charge in [0.1, 0.15) is 5.00 Å². The Labute approximate surface area is 180 Å². The van der Waals surface area contributed by atoms with Gasteiger partial charge in [-0.1, -0.05) is 30.3 Å². The molecule has 0 aliphatic carbocycles. The van der Waals surface area contributed by atoms with Crippen molar-refractivity contribution in [2.45, 2.75) is 13.3 Å². The third kappa shape index (κ3) is 5.25. The standard InChI is InChI=1S/C22H26N4O3S/c1-16-19(22(28)26-11-13-29-14-12-26)21(24-18(27)15-25(2)10-6-9-23)30-20(16)17-7-4-3-5-8-17/h3-5,7-8H,6,10-15H2,1-2H3,(H,24,27). The number of anilines is 1. The average Bonchev–Trinajstić information content (AvgIpc) is 3.08. The van der Waals surface area contributed by atoms with Crippen molar-refractivity contribution >= 4 is 28.2 Å². The normalized spacial score (nSPS) is 13.9. The van der Waals surface area contributed by atoms with E-state index in [0.717, 1.165) is 16.0 Å². The Hall–Kier alpha value is -2.73. The number of hydrogen-bond acceptors (Lipinski definition) is 6. The summed E-state index contributed by atoms with van der Waals surface area (Å²) < 4.78 is 5.37. The number of carbonyl (C=O) groups excluding carboxylic acids is 2. The molecule has 8 heteroatoms. The molecular weight excluding hydrogens is 400 g/mol. The van der Waals surface area contributed by atoms with Crippen molar-refractivity contribution in [2.24, 2.45) is 0 Å². The molecule has 2 aromatic rings. The summed E-state index contributed by atoms with van der Waals surface area (Å²) in [7, 11) is 1.80. The fourth-order valence-corrected chi connectivity index (χ4v) is 4.60. The topological polar surface area (TPSA) is 85.7 Å². The second-order valence-electron chi connectivity index (χ2n) is 7.22. The first-order valence-corrected chi connectivity index (χ1v) is 10.7. The molecule has 0 radical (unpaired) electrons. The molecular formula is C22H26N4O3S. The molecule has 158 valence electrons. The van der Waals surface area contributed by atoms with E-state index in [1.165, 1.54) is 11.3 Å². The van der Waals surface area contributed by atoms with E-state index in [4.69, 9.17) is 10.00 Å². The molecule has 7 nitrogen and oxygen atoms in total. The van der Waals surface area contributed by atoms with Gasteiger partial charge < -0.3 is 15.0 Å². The molecule has 1 saturated heterocycles. The molecule has 1 aromatic carbocycles. The maximum Gasteiger partial charge on any atom is 0.257 e. The van der Waals surface area contributed by atoms with Crippen molar-refractivity contribution in [3.05, 3.63) is 41.5 Å². The smallest absolute Gasteiger partial charge is 0.257 e. The Kier molecular flexibility index (Phi) is 7.57. The van der Waals surface area contributed by atoms with E-state index in [1.54, 1.807) is 16.8 Å². The van der Waals surface area contributed by atoms with E-state index >= 15 is 0 Å². The van der Waals surface area contributed by atoms with E-state index in [0.29, 0.717) is 49.8 Å². The summed E-state index contributed by atoms with van der Waals surface area (Å²) in [5, 5.41) is 12.2. The zero-order valence-corrected chi connectivity index (χ0v) is 18.1. The lowest BCUT2D eigenvalue weighted by Crippen LogP contribution is -2.41. The van der Waals surface area contributed by atoms with Gasteiger partial charge in [-0.25, -0.2) is 0 Å². The van der Waals surface area contributed by atoms with Gasteiger partial charge in [0, 0.05) is 30.9 Å². The van der Waals surface area contributed by atoms with E-state index in [1.807, 2.05) is 37.3 Å². The molecule has 30 heavy (non-hydrogen) atoms. The fraction of sp³-hybridized carbons (Fsp3) is 0.409. The number of nitriles is 1.